The number of aromatic nitrogens is 2. The SMILES string of the molecule is CCc1ccc2ncnc(NC(CC(C)C)C(=O)O)c2c1. The Labute approximate surface area is 124 Å². The van der Waals surface area contributed by atoms with Crippen LogP contribution in [0.4, 0.5) is 5.82 Å². The van der Waals surface area contributed by atoms with E-state index >= 15 is 0 Å². The molecule has 5 heteroatoms. The molecular formula is C16H21N3O2. The molecular weight excluding hydrogens is 266 g/mol. The van der Waals surface area contributed by atoms with Gasteiger partial charge in [-0.15, -0.1) is 0 Å². The number of aliphatic carboxylic acids is 1. The third-order valence-electron chi connectivity index (χ3n) is 3.42. The molecule has 1 aromatic heterocycles. The smallest absolute Gasteiger partial charge is 0.326 e. The Kier molecular flexibility index (Phi) is 4.73. The molecule has 0 saturated carbocycles. The van der Waals surface area contributed by atoms with Crippen LogP contribution >= 0.6 is 0 Å². The van der Waals surface area contributed by atoms with E-state index in [9.17, 15) is 9.90 Å². The van der Waals surface area contributed by atoms with Crippen LogP contribution in [0.5, 0.6) is 0 Å². The molecule has 112 valence electrons. The first-order valence-corrected chi connectivity index (χ1v) is 7.24. The number of hydrogen-bond acceptors (Lipinski definition) is 4. The summed E-state index contributed by atoms with van der Waals surface area (Å²) in [6.45, 7) is 6.09. The summed E-state index contributed by atoms with van der Waals surface area (Å²) in [7, 11) is 0. The maximum atomic E-state index is 11.4. The molecule has 0 fully saturated rings. The van der Waals surface area contributed by atoms with Crippen LogP contribution in [0.15, 0.2) is 24.5 Å². The van der Waals surface area contributed by atoms with Gasteiger partial charge in [0.1, 0.15) is 18.2 Å². The zero-order valence-corrected chi connectivity index (χ0v) is 12.6. The van der Waals surface area contributed by atoms with Crippen molar-refractivity contribution < 1.29 is 9.90 Å². The summed E-state index contributed by atoms with van der Waals surface area (Å²) in [4.78, 5) is 19.9. The number of rotatable bonds is 6. The molecule has 1 heterocycles. The molecule has 0 saturated heterocycles. The number of carboxylic acids is 1. The van der Waals surface area contributed by atoms with Gasteiger partial charge in [-0.1, -0.05) is 26.8 Å². The third kappa shape index (κ3) is 3.68. The number of fused-ring (bicyclic) bond motifs is 1. The van der Waals surface area contributed by atoms with Crippen molar-refractivity contribution in [1.29, 1.82) is 0 Å². The van der Waals surface area contributed by atoms with Gasteiger partial charge in [0, 0.05) is 5.39 Å². The van der Waals surface area contributed by atoms with E-state index < -0.39 is 12.0 Å². The van der Waals surface area contributed by atoms with Crippen molar-refractivity contribution in [2.24, 2.45) is 5.92 Å². The van der Waals surface area contributed by atoms with E-state index in [2.05, 4.69) is 22.2 Å². The highest BCUT2D eigenvalue weighted by atomic mass is 16.4. The lowest BCUT2D eigenvalue weighted by molar-refractivity contribution is -0.138. The van der Waals surface area contributed by atoms with Gasteiger partial charge in [0.25, 0.3) is 0 Å². The molecule has 1 unspecified atom stereocenters. The minimum atomic E-state index is -0.859. The molecule has 2 rings (SSSR count). The van der Waals surface area contributed by atoms with E-state index in [-0.39, 0.29) is 5.92 Å². The van der Waals surface area contributed by atoms with E-state index in [1.54, 1.807) is 0 Å². The first-order chi connectivity index (χ1) is 10.0. The summed E-state index contributed by atoms with van der Waals surface area (Å²) in [5, 5.41) is 13.3. The van der Waals surface area contributed by atoms with Gasteiger partial charge in [0.05, 0.1) is 5.52 Å². The molecule has 21 heavy (non-hydrogen) atoms. The standard InChI is InChI=1S/C16H21N3O2/c1-4-11-5-6-13-12(8-11)15(18-9-17-13)19-14(16(20)21)7-10(2)3/h5-6,8-10,14H,4,7H2,1-3H3,(H,20,21)(H,17,18,19). The van der Waals surface area contributed by atoms with E-state index in [1.165, 1.54) is 11.9 Å². The third-order valence-corrected chi connectivity index (χ3v) is 3.42. The zero-order valence-electron chi connectivity index (χ0n) is 12.6. The Morgan fingerprint density at radius 2 is 2.10 bits per heavy atom. The molecule has 1 aromatic carbocycles. The van der Waals surface area contributed by atoms with Crippen molar-refractivity contribution >= 4 is 22.7 Å². The normalized spacial score (nSPS) is 12.6. The Bertz CT molecular complexity index is 640. The highest BCUT2D eigenvalue weighted by Gasteiger charge is 2.20. The van der Waals surface area contributed by atoms with Crippen molar-refractivity contribution in [2.45, 2.75) is 39.7 Å². The Balaban J connectivity index is 2.38. The van der Waals surface area contributed by atoms with Crippen molar-refractivity contribution in [3.63, 3.8) is 0 Å². The molecule has 0 radical (unpaired) electrons. The maximum absolute atomic E-state index is 11.4. The van der Waals surface area contributed by atoms with E-state index in [0.717, 1.165) is 17.3 Å². The molecule has 0 aliphatic rings. The van der Waals surface area contributed by atoms with Gasteiger partial charge in [-0.05, 0) is 36.5 Å². The van der Waals surface area contributed by atoms with Gasteiger partial charge in [-0.3, -0.25) is 0 Å². The van der Waals surface area contributed by atoms with Crippen LogP contribution in [0.2, 0.25) is 0 Å². The Hall–Kier alpha value is -2.17. The lowest BCUT2D eigenvalue weighted by Crippen LogP contribution is -2.31. The van der Waals surface area contributed by atoms with Crippen molar-refractivity contribution in [3.8, 4) is 0 Å². The summed E-state index contributed by atoms with van der Waals surface area (Å²) in [6, 6.07) is 5.35. The second-order valence-corrected chi connectivity index (χ2v) is 5.59. The fraction of sp³-hybridized carbons (Fsp3) is 0.438. The second kappa shape index (κ2) is 6.52. The molecule has 5 nitrogen and oxygen atoms in total. The van der Waals surface area contributed by atoms with Crippen LogP contribution in [0.1, 0.15) is 32.8 Å². The molecule has 1 atom stereocenters. The summed E-state index contributed by atoms with van der Waals surface area (Å²) in [5.41, 5.74) is 1.99. The first-order valence-electron chi connectivity index (χ1n) is 7.24. The van der Waals surface area contributed by atoms with Gasteiger partial charge in [0.15, 0.2) is 0 Å². The van der Waals surface area contributed by atoms with Crippen LogP contribution < -0.4 is 5.32 Å². The van der Waals surface area contributed by atoms with Gasteiger partial charge in [-0.25, -0.2) is 14.8 Å². The largest absolute Gasteiger partial charge is 0.480 e. The average molecular weight is 287 g/mol. The van der Waals surface area contributed by atoms with Crippen LogP contribution in [-0.4, -0.2) is 27.1 Å². The molecule has 2 N–H and O–H groups in total. The lowest BCUT2D eigenvalue weighted by atomic mass is 10.0. The topological polar surface area (TPSA) is 75.1 Å². The summed E-state index contributed by atoms with van der Waals surface area (Å²) in [5.74, 6) is 0.0170. The van der Waals surface area contributed by atoms with Gasteiger partial charge in [-0.2, -0.15) is 0 Å². The summed E-state index contributed by atoms with van der Waals surface area (Å²) in [6.07, 6.45) is 2.93. The molecule has 0 spiro atoms. The van der Waals surface area contributed by atoms with Crippen molar-refractivity contribution in [2.75, 3.05) is 5.32 Å². The number of aryl methyl sites for hydroxylation is 1. The van der Waals surface area contributed by atoms with Crippen LogP contribution in [0.25, 0.3) is 10.9 Å². The maximum Gasteiger partial charge on any atom is 0.326 e. The van der Waals surface area contributed by atoms with Gasteiger partial charge < -0.3 is 10.4 Å². The van der Waals surface area contributed by atoms with Crippen molar-refractivity contribution in [1.82, 2.24) is 9.97 Å². The minimum absolute atomic E-state index is 0.290. The Morgan fingerprint density at radius 1 is 1.33 bits per heavy atom. The quantitative estimate of drug-likeness (QED) is 0.854. The summed E-state index contributed by atoms with van der Waals surface area (Å²) < 4.78 is 0. The molecule has 0 aliphatic carbocycles. The zero-order chi connectivity index (χ0) is 15.4. The fourth-order valence-corrected chi connectivity index (χ4v) is 2.30. The number of anilines is 1. The predicted octanol–water partition coefficient (Wildman–Crippen LogP) is 3.10. The van der Waals surface area contributed by atoms with Gasteiger partial charge in [0.2, 0.25) is 0 Å². The van der Waals surface area contributed by atoms with Crippen LogP contribution in [-0.2, 0) is 11.2 Å². The van der Waals surface area contributed by atoms with Gasteiger partial charge >= 0.3 is 5.97 Å². The Morgan fingerprint density at radius 3 is 2.71 bits per heavy atom. The number of carbonyl (C=O) groups is 1. The highest BCUT2D eigenvalue weighted by Crippen LogP contribution is 2.22. The number of benzene rings is 1. The first kappa shape index (κ1) is 15.2. The molecule has 0 amide bonds. The second-order valence-electron chi connectivity index (χ2n) is 5.59. The number of carboxylic acid groups (broad SMARTS) is 1. The highest BCUT2D eigenvalue weighted by molar-refractivity contribution is 5.91. The van der Waals surface area contributed by atoms with E-state index in [4.69, 9.17) is 0 Å². The molecule has 0 bridgehead atoms. The van der Waals surface area contributed by atoms with Crippen LogP contribution in [0, 0.1) is 5.92 Å². The molecule has 0 aliphatic heterocycles. The molecule has 2 aromatic rings. The summed E-state index contributed by atoms with van der Waals surface area (Å²) >= 11 is 0. The van der Waals surface area contributed by atoms with Crippen molar-refractivity contribution in [3.05, 3.63) is 30.1 Å². The van der Waals surface area contributed by atoms with E-state index in [0.29, 0.717) is 12.2 Å². The minimum Gasteiger partial charge on any atom is -0.480 e. The van der Waals surface area contributed by atoms with Crippen LogP contribution in [0.3, 0.4) is 0 Å². The monoisotopic (exact) mass is 287 g/mol. The predicted molar refractivity (Wildman–Crippen MR) is 83.4 cm³/mol. The number of nitrogens with one attached hydrogen (secondary N) is 1. The average Bonchev–Trinajstić information content (AvgIpc) is 2.45. The number of nitrogens with zero attached hydrogens (tertiary/aromatic N) is 2. The van der Waals surface area contributed by atoms with E-state index in [1.807, 2.05) is 32.0 Å². The lowest BCUT2D eigenvalue weighted by Gasteiger charge is -2.18. The number of hydrogen-bond donors (Lipinski definition) is 2. The fourth-order valence-electron chi connectivity index (χ4n) is 2.30.